The van der Waals surface area contributed by atoms with Gasteiger partial charge in [0.2, 0.25) is 0 Å². The minimum Gasteiger partial charge on any atom is -0.462 e. The normalized spacial score (nSPS) is 12.4. The van der Waals surface area contributed by atoms with Gasteiger partial charge in [-0.05, 0) is 96.3 Å². The zero-order valence-electron chi connectivity index (χ0n) is 46.5. The number of unbranched alkanes of at least 4 members (excludes halogenated alkanes) is 26. The van der Waals surface area contributed by atoms with Crippen molar-refractivity contribution < 1.29 is 28.6 Å². The summed E-state index contributed by atoms with van der Waals surface area (Å²) in [6.07, 6.45) is 78.3. The molecule has 0 saturated heterocycles. The SMILES string of the molecule is CC/C=C\C/C=C\C/C=C\C/C=C\CCCCCCC(=O)OCC(COC(=O)CCCCCC/C=C\C/C=C\C/C=C\C/C=C\CC)OC(=O)CCCCCCCCCCCCCCCCCCCCC. The molecule has 0 rings (SSSR count). The number of rotatable bonds is 53. The number of allylic oxidation sites excluding steroid dienone is 16. The van der Waals surface area contributed by atoms with Crippen LogP contribution in [0.25, 0.3) is 0 Å². The molecule has 0 unspecified atom stereocenters. The summed E-state index contributed by atoms with van der Waals surface area (Å²) in [5, 5.41) is 0. The molecule has 0 aliphatic rings. The second-order valence-electron chi connectivity index (χ2n) is 19.5. The van der Waals surface area contributed by atoms with E-state index >= 15 is 0 Å². The fourth-order valence-electron chi connectivity index (χ4n) is 8.19. The fraction of sp³-hybridized carbons (Fsp3) is 0.708. The second-order valence-corrected chi connectivity index (χ2v) is 19.5. The van der Waals surface area contributed by atoms with Crippen molar-refractivity contribution in [2.45, 2.75) is 284 Å². The first kappa shape index (κ1) is 67.3. The summed E-state index contributed by atoms with van der Waals surface area (Å²) >= 11 is 0. The summed E-state index contributed by atoms with van der Waals surface area (Å²) in [5.41, 5.74) is 0. The average molecular weight is 988 g/mol. The van der Waals surface area contributed by atoms with E-state index in [2.05, 4.69) is 118 Å². The predicted molar refractivity (Wildman–Crippen MR) is 307 cm³/mol. The van der Waals surface area contributed by atoms with Gasteiger partial charge in [-0.15, -0.1) is 0 Å². The van der Waals surface area contributed by atoms with Crippen molar-refractivity contribution in [3.63, 3.8) is 0 Å². The Morgan fingerprint density at radius 3 is 0.859 bits per heavy atom. The summed E-state index contributed by atoms with van der Waals surface area (Å²) in [5.74, 6) is -0.934. The van der Waals surface area contributed by atoms with E-state index in [4.69, 9.17) is 14.2 Å². The first-order valence-electron chi connectivity index (χ1n) is 29.7. The third kappa shape index (κ3) is 57.1. The summed E-state index contributed by atoms with van der Waals surface area (Å²) in [7, 11) is 0. The van der Waals surface area contributed by atoms with Gasteiger partial charge in [0.25, 0.3) is 0 Å². The molecule has 0 heterocycles. The molecule has 0 aromatic carbocycles. The van der Waals surface area contributed by atoms with E-state index in [0.29, 0.717) is 19.3 Å². The first-order chi connectivity index (χ1) is 35.0. The smallest absolute Gasteiger partial charge is 0.306 e. The maximum absolute atomic E-state index is 12.9. The minimum atomic E-state index is -0.798. The van der Waals surface area contributed by atoms with E-state index in [-0.39, 0.29) is 31.1 Å². The van der Waals surface area contributed by atoms with Gasteiger partial charge >= 0.3 is 17.9 Å². The van der Waals surface area contributed by atoms with E-state index in [0.717, 1.165) is 135 Å². The highest BCUT2D eigenvalue weighted by Crippen LogP contribution is 2.16. The van der Waals surface area contributed by atoms with Crippen LogP contribution in [0.3, 0.4) is 0 Å². The molecular weight excluding hydrogens is 877 g/mol. The van der Waals surface area contributed by atoms with Crippen LogP contribution in [0.2, 0.25) is 0 Å². The summed E-state index contributed by atoms with van der Waals surface area (Å²) in [6, 6.07) is 0. The Morgan fingerprint density at radius 2 is 0.549 bits per heavy atom. The summed E-state index contributed by atoms with van der Waals surface area (Å²) in [6.45, 7) is 6.39. The molecule has 71 heavy (non-hydrogen) atoms. The molecule has 0 atom stereocenters. The molecule has 6 nitrogen and oxygen atoms in total. The lowest BCUT2D eigenvalue weighted by Crippen LogP contribution is -2.30. The van der Waals surface area contributed by atoms with Gasteiger partial charge in [-0.2, -0.15) is 0 Å². The van der Waals surface area contributed by atoms with Crippen LogP contribution in [0.1, 0.15) is 278 Å². The van der Waals surface area contributed by atoms with Crippen LogP contribution in [0.5, 0.6) is 0 Å². The molecule has 6 heteroatoms. The van der Waals surface area contributed by atoms with Crippen molar-refractivity contribution in [1.29, 1.82) is 0 Å². The zero-order chi connectivity index (χ0) is 51.4. The molecule has 0 aliphatic carbocycles. The number of carbonyl (C=O) groups excluding carboxylic acids is 3. The molecule has 0 saturated carbocycles. The van der Waals surface area contributed by atoms with Crippen LogP contribution < -0.4 is 0 Å². The van der Waals surface area contributed by atoms with Crippen LogP contribution in [-0.4, -0.2) is 37.2 Å². The molecule has 0 N–H and O–H groups in total. The Balaban J connectivity index is 4.45. The Labute approximate surface area is 438 Å². The van der Waals surface area contributed by atoms with Crippen LogP contribution in [0, 0.1) is 0 Å². The molecular formula is C65H110O6. The van der Waals surface area contributed by atoms with Gasteiger partial charge < -0.3 is 14.2 Å². The summed E-state index contributed by atoms with van der Waals surface area (Å²) in [4.78, 5) is 38.2. The number of hydrogen-bond donors (Lipinski definition) is 0. The maximum Gasteiger partial charge on any atom is 0.306 e. The van der Waals surface area contributed by atoms with Gasteiger partial charge in [-0.25, -0.2) is 0 Å². The predicted octanol–water partition coefficient (Wildman–Crippen LogP) is 20.1. The lowest BCUT2D eigenvalue weighted by molar-refractivity contribution is -0.167. The van der Waals surface area contributed by atoms with Crippen molar-refractivity contribution in [2.75, 3.05) is 13.2 Å². The highest BCUT2D eigenvalue weighted by atomic mass is 16.6. The number of esters is 3. The molecule has 406 valence electrons. The molecule has 0 radical (unpaired) electrons. The van der Waals surface area contributed by atoms with Crippen molar-refractivity contribution >= 4 is 17.9 Å². The molecule has 0 bridgehead atoms. The zero-order valence-corrected chi connectivity index (χ0v) is 46.5. The van der Waals surface area contributed by atoms with Crippen LogP contribution in [0.4, 0.5) is 0 Å². The third-order valence-corrected chi connectivity index (χ3v) is 12.6. The second kappa shape index (κ2) is 58.9. The third-order valence-electron chi connectivity index (χ3n) is 12.6. The highest BCUT2D eigenvalue weighted by molar-refractivity contribution is 5.71. The number of ether oxygens (including phenoxy) is 3. The van der Waals surface area contributed by atoms with Crippen molar-refractivity contribution in [1.82, 2.24) is 0 Å². The number of hydrogen-bond acceptors (Lipinski definition) is 6. The van der Waals surface area contributed by atoms with Gasteiger partial charge in [0, 0.05) is 19.3 Å². The molecule has 0 aromatic rings. The largest absolute Gasteiger partial charge is 0.462 e. The van der Waals surface area contributed by atoms with Crippen molar-refractivity contribution in [2.24, 2.45) is 0 Å². The van der Waals surface area contributed by atoms with E-state index in [1.54, 1.807) is 0 Å². The Morgan fingerprint density at radius 1 is 0.296 bits per heavy atom. The van der Waals surface area contributed by atoms with Crippen LogP contribution in [0.15, 0.2) is 97.2 Å². The van der Waals surface area contributed by atoms with Gasteiger partial charge in [0.1, 0.15) is 13.2 Å². The van der Waals surface area contributed by atoms with Gasteiger partial charge in [-0.3, -0.25) is 14.4 Å². The summed E-state index contributed by atoms with van der Waals surface area (Å²) < 4.78 is 16.9. The van der Waals surface area contributed by atoms with Crippen LogP contribution in [-0.2, 0) is 28.6 Å². The monoisotopic (exact) mass is 987 g/mol. The van der Waals surface area contributed by atoms with E-state index in [1.807, 2.05) is 0 Å². The van der Waals surface area contributed by atoms with E-state index in [1.165, 1.54) is 103 Å². The fourth-order valence-corrected chi connectivity index (χ4v) is 8.19. The molecule has 0 aromatic heterocycles. The van der Waals surface area contributed by atoms with Gasteiger partial charge in [0.15, 0.2) is 6.10 Å². The Bertz CT molecular complexity index is 1330. The molecule has 0 aliphatic heterocycles. The van der Waals surface area contributed by atoms with Gasteiger partial charge in [0.05, 0.1) is 0 Å². The lowest BCUT2D eigenvalue weighted by atomic mass is 10.0. The van der Waals surface area contributed by atoms with E-state index < -0.39 is 6.10 Å². The highest BCUT2D eigenvalue weighted by Gasteiger charge is 2.19. The quantitative estimate of drug-likeness (QED) is 0.0261. The van der Waals surface area contributed by atoms with Gasteiger partial charge in [-0.1, -0.05) is 259 Å². The average Bonchev–Trinajstić information content (AvgIpc) is 3.37. The minimum absolute atomic E-state index is 0.0970. The standard InChI is InChI=1S/C65H110O6/c1-4-7-10-13-16-19-22-25-28-31-32-35-38-41-44-47-50-53-56-59-65(68)71-62(60-69-63(66)57-54-51-48-45-42-39-36-33-29-26-23-20-17-14-11-8-5-2)61-70-64(67)58-55-52-49-46-43-40-37-34-30-27-24-21-18-15-12-9-6-3/h8-9,11-12,17-18,20-21,26-27,29-30,36-37,39-40,62H,4-7,10,13-16,19,22-25,28,31-35,38,41-61H2,1-3H3/b11-8-,12-9-,20-17-,21-18-,29-26-,30-27-,39-36-,40-37-. The molecule has 0 fully saturated rings. The Hall–Kier alpha value is -3.67. The molecule has 0 spiro atoms. The van der Waals surface area contributed by atoms with Crippen LogP contribution >= 0.6 is 0 Å². The maximum atomic E-state index is 12.9. The number of carbonyl (C=O) groups is 3. The van der Waals surface area contributed by atoms with Crippen molar-refractivity contribution in [3.05, 3.63) is 97.2 Å². The first-order valence-corrected chi connectivity index (χ1v) is 29.7. The molecule has 0 amide bonds. The lowest BCUT2D eigenvalue weighted by Gasteiger charge is -2.18. The van der Waals surface area contributed by atoms with Crippen molar-refractivity contribution in [3.8, 4) is 0 Å². The van der Waals surface area contributed by atoms with E-state index in [9.17, 15) is 14.4 Å². The Kier molecular flexibility index (Phi) is 55.9. The topological polar surface area (TPSA) is 78.9 Å².